The molecule has 0 heterocycles. The first-order valence-corrected chi connectivity index (χ1v) is 9.15. The van der Waals surface area contributed by atoms with Crippen LogP contribution in [0.25, 0.3) is 12.2 Å². The van der Waals surface area contributed by atoms with Gasteiger partial charge in [-0.25, -0.2) is 0 Å². The van der Waals surface area contributed by atoms with Gasteiger partial charge in [0.05, 0.1) is 9.75 Å². The van der Waals surface area contributed by atoms with Crippen molar-refractivity contribution in [2.45, 2.75) is 36.4 Å². The molecule has 0 aromatic heterocycles. The maximum Gasteiger partial charge on any atom is 0.0911 e. The summed E-state index contributed by atoms with van der Waals surface area (Å²) in [7, 11) is 0. The molecule has 3 heteroatoms. The number of benzene rings is 2. The van der Waals surface area contributed by atoms with Gasteiger partial charge in [0.25, 0.3) is 0 Å². The van der Waals surface area contributed by atoms with Gasteiger partial charge in [0, 0.05) is 25.8 Å². The molecule has 4 rings (SSSR count). The Morgan fingerprint density at radius 3 is 1.44 bits per heavy atom. The average Bonchev–Trinajstić information content (AvgIpc) is 2.99. The van der Waals surface area contributed by atoms with E-state index < -0.39 is 9.75 Å². The van der Waals surface area contributed by atoms with E-state index in [1.807, 2.05) is 0 Å². The van der Waals surface area contributed by atoms with Crippen LogP contribution < -0.4 is 0 Å². The third-order valence-electron chi connectivity index (χ3n) is 5.58. The number of allylic oxidation sites excluding steroid dienone is 2. The van der Waals surface area contributed by atoms with E-state index >= 15 is 0 Å². The molecule has 0 saturated carbocycles. The van der Waals surface area contributed by atoms with E-state index in [4.69, 9.17) is 23.2 Å². The van der Waals surface area contributed by atoms with Gasteiger partial charge in [-0.05, 0) is 60.1 Å². The number of hydrogen-bond donors (Lipinski definition) is 0. The molecule has 2 aromatic rings. The molecule has 2 aliphatic rings. The zero-order valence-corrected chi connectivity index (χ0v) is 19.5. The van der Waals surface area contributed by atoms with Crippen molar-refractivity contribution in [3.05, 3.63) is 81.9 Å². The Balaban J connectivity index is 0.00000182. The Morgan fingerprint density at radius 2 is 1.04 bits per heavy atom. The first-order chi connectivity index (χ1) is 11.4. The van der Waals surface area contributed by atoms with Gasteiger partial charge in [-0.1, -0.05) is 60.7 Å². The normalized spacial score (nSPS) is 26.4. The smallest absolute Gasteiger partial charge is 0.0911 e. The van der Waals surface area contributed by atoms with Crippen LogP contribution in [0.3, 0.4) is 0 Å². The molecule has 0 radical (unpaired) electrons. The monoisotopic (exact) mass is 534 g/mol. The summed E-state index contributed by atoms with van der Waals surface area (Å²) in [6, 6.07) is 16.8. The maximum atomic E-state index is 7.12. The minimum atomic E-state index is -0.448. The van der Waals surface area contributed by atoms with E-state index in [0.29, 0.717) is 0 Å². The standard InChI is InChI=1S/C22H20Cl2.Hf/c1-15-13-17-7-3-5-9-19(17)21(15,23)11-12-22(24)16(2)14-18-8-4-6-10-20(18)22;/h3-10,13-14H,11-12H2,1-2H3;. The molecule has 0 nitrogen and oxygen atoms in total. The van der Waals surface area contributed by atoms with Gasteiger partial charge in [0.15, 0.2) is 0 Å². The van der Waals surface area contributed by atoms with Crippen LogP contribution in [0, 0.1) is 0 Å². The number of hydrogen-bond acceptors (Lipinski definition) is 0. The van der Waals surface area contributed by atoms with Crippen LogP contribution in [-0.4, -0.2) is 0 Å². The van der Waals surface area contributed by atoms with Crippen molar-refractivity contribution in [1.29, 1.82) is 0 Å². The average molecular weight is 534 g/mol. The van der Waals surface area contributed by atoms with Crippen molar-refractivity contribution in [3.8, 4) is 0 Å². The molecule has 0 aliphatic heterocycles. The zero-order valence-electron chi connectivity index (χ0n) is 14.4. The van der Waals surface area contributed by atoms with Gasteiger partial charge in [-0.3, -0.25) is 0 Å². The molecular formula is C22H20Cl2Hf. The Kier molecular flexibility index (Phi) is 5.23. The molecule has 2 aromatic carbocycles. The van der Waals surface area contributed by atoms with Gasteiger partial charge in [0.2, 0.25) is 0 Å². The molecule has 25 heavy (non-hydrogen) atoms. The minimum absolute atomic E-state index is 0. The summed E-state index contributed by atoms with van der Waals surface area (Å²) in [5, 5.41) is 0. The van der Waals surface area contributed by atoms with Crippen LogP contribution in [-0.2, 0) is 35.6 Å². The topological polar surface area (TPSA) is 0 Å². The third-order valence-corrected chi connectivity index (χ3v) is 6.96. The van der Waals surface area contributed by atoms with Crippen LogP contribution in [0.15, 0.2) is 59.7 Å². The quantitative estimate of drug-likeness (QED) is 0.298. The van der Waals surface area contributed by atoms with Crippen LogP contribution in [0.1, 0.15) is 48.9 Å². The first-order valence-electron chi connectivity index (χ1n) is 8.39. The molecule has 0 bridgehead atoms. The zero-order chi connectivity index (χ0) is 16.9. The summed E-state index contributed by atoms with van der Waals surface area (Å²) in [5.74, 6) is 0. The van der Waals surface area contributed by atoms with Crippen LogP contribution in [0.5, 0.6) is 0 Å². The second-order valence-electron chi connectivity index (χ2n) is 6.93. The van der Waals surface area contributed by atoms with E-state index in [2.05, 4.69) is 74.5 Å². The van der Waals surface area contributed by atoms with E-state index in [0.717, 1.165) is 12.8 Å². The Hall–Kier alpha value is -0.630. The predicted octanol–water partition coefficient (Wildman–Crippen LogP) is 6.87. The number of fused-ring (bicyclic) bond motifs is 2. The van der Waals surface area contributed by atoms with Gasteiger partial charge >= 0.3 is 0 Å². The fraction of sp³-hybridized carbons (Fsp3) is 0.273. The van der Waals surface area contributed by atoms with E-state index in [1.54, 1.807) is 0 Å². The van der Waals surface area contributed by atoms with Crippen molar-refractivity contribution in [1.82, 2.24) is 0 Å². The van der Waals surface area contributed by atoms with Crippen molar-refractivity contribution >= 4 is 35.4 Å². The molecule has 2 unspecified atom stereocenters. The number of rotatable bonds is 3. The molecule has 0 saturated heterocycles. The fourth-order valence-corrected chi connectivity index (χ4v) is 4.74. The van der Waals surface area contributed by atoms with E-state index in [9.17, 15) is 0 Å². The summed E-state index contributed by atoms with van der Waals surface area (Å²) in [5.41, 5.74) is 7.28. The van der Waals surface area contributed by atoms with Crippen molar-refractivity contribution in [3.63, 3.8) is 0 Å². The third kappa shape index (κ3) is 2.93. The molecule has 2 aliphatic carbocycles. The molecule has 126 valence electrons. The predicted molar refractivity (Wildman–Crippen MR) is 104 cm³/mol. The van der Waals surface area contributed by atoms with Gasteiger partial charge < -0.3 is 0 Å². The van der Waals surface area contributed by atoms with Crippen molar-refractivity contribution < 1.29 is 25.8 Å². The summed E-state index contributed by atoms with van der Waals surface area (Å²) >= 11 is 14.2. The summed E-state index contributed by atoms with van der Waals surface area (Å²) < 4.78 is 0. The SMILES string of the molecule is CC1=Cc2ccccc2C1(Cl)CCC1(Cl)C(C)=Cc2ccccc21.[Hf]. The van der Waals surface area contributed by atoms with E-state index in [1.165, 1.54) is 33.4 Å². The minimum Gasteiger partial charge on any atom is -0.109 e. The summed E-state index contributed by atoms with van der Waals surface area (Å²) in [6.07, 6.45) is 6.04. The van der Waals surface area contributed by atoms with Crippen molar-refractivity contribution in [2.75, 3.05) is 0 Å². The van der Waals surface area contributed by atoms with Crippen LogP contribution >= 0.6 is 23.2 Å². The molecule has 0 fully saturated rings. The Labute approximate surface area is 178 Å². The van der Waals surface area contributed by atoms with E-state index in [-0.39, 0.29) is 25.8 Å². The van der Waals surface area contributed by atoms with Crippen molar-refractivity contribution in [2.24, 2.45) is 0 Å². The van der Waals surface area contributed by atoms with Gasteiger partial charge in [0.1, 0.15) is 0 Å². The molecular weight excluding hydrogens is 514 g/mol. The van der Waals surface area contributed by atoms with Gasteiger partial charge in [-0.15, -0.1) is 23.2 Å². The van der Waals surface area contributed by atoms with Crippen LogP contribution in [0.2, 0.25) is 0 Å². The van der Waals surface area contributed by atoms with Gasteiger partial charge in [-0.2, -0.15) is 0 Å². The number of halogens is 2. The van der Waals surface area contributed by atoms with Crippen LogP contribution in [0.4, 0.5) is 0 Å². The number of alkyl halides is 2. The second kappa shape index (κ2) is 6.83. The first kappa shape index (κ1) is 19.1. The molecule has 2 atom stereocenters. The fourth-order valence-electron chi connectivity index (χ4n) is 4.10. The largest absolute Gasteiger partial charge is 0.109 e. The molecule has 0 amide bonds. The maximum absolute atomic E-state index is 7.12. The summed E-state index contributed by atoms with van der Waals surface area (Å²) in [6.45, 7) is 4.25. The summed E-state index contributed by atoms with van der Waals surface area (Å²) in [4.78, 5) is -0.896. The molecule has 0 spiro atoms. The Bertz CT molecular complexity index is 810. The molecule has 0 N–H and O–H groups in total. The second-order valence-corrected chi connectivity index (χ2v) is 8.22. The Morgan fingerprint density at radius 1 is 0.680 bits per heavy atom.